The molecular weight excluding hydrogens is 256 g/mol. The van der Waals surface area contributed by atoms with Gasteiger partial charge in [-0.25, -0.2) is 10.8 Å². The molecule has 3 N–H and O–H groups in total. The molecule has 0 bridgehead atoms. The molecule has 0 radical (unpaired) electrons. The Morgan fingerprint density at radius 1 is 1.47 bits per heavy atom. The lowest BCUT2D eigenvalue weighted by atomic mass is 9.96. The minimum Gasteiger partial charge on any atom is -0.345 e. The molecule has 0 aliphatic heterocycles. The van der Waals surface area contributed by atoms with E-state index in [1.807, 2.05) is 0 Å². The second-order valence-electron chi connectivity index (χ2n) is 5.14. The quantitative estimate of drug-likeness (QED) is 0.385. The lowest BCUT2D eigenvalue weighted by molar-refractivity contribution is 0.426. The van der Waals surface area contributed by atoms with Crippen LogP contribution in [-0.2, 0) is 6.42 Å². The Balaban J connectivity index is 1.86. The maximum Gasteiger partial charge on any atom is 0.208 e. The Hall–Kier alpha value is -1.07. The first-order chi connectivity index (χ1) is 9.29. The van der Waals surface area contributed by atoms with Crippen LogP contribution in [0.5, 0.6) is 0 Å². The number of nitrogens with two attached hydrogens (primary N) is 1. The van der Waals surface area contributed by atoms with Gasteiger partial charge in [0.1, 0.15) is 0 Å². The van der Waals surface area contributed by atoms with Crippen molar-refractivity contribution in [3.63, 3.8) is 0 Å². The predicted molar refractivity (Wildman–Crippen MR) is 82.3 cm³/mol. The van der Waals surface area contributed by atoms with Gasteiger partial charge in [0, 0.05) is 18.5 Å². The third-order valence-electron chi connectivity index (χ3n) is 3.64. The van der Waals surface area contributed by atoms with Gasteiger partial charge in [-0.2, -0.15) is 0 Å². The van der Waals surface area contributed by atoms with Crippen molar-refractivity contribution in [2.75, 3.05) is 13.6 Å². The highest BCUT2D eigenvalue weighted by atomic mass is 32.1. The highest BCUT2D eigenvalue weighted by Gasteiger charge is 2.14. The van der Waals surface area contributed by atoms with Crippen LogP contribution in [0.25, 0.3) is 0 Å². The molecule has 0 unspecified atom stereocenters. The Kier molecular flexibility index (Phi) is 5.66. The highest BCUT2D eigenvalue weighted by Crippen LogP contribution is 2.20. The molecule has 0 amide bonds. The smallest absolute Gasteiger partial charge is 0.208 e. The molecule has 0 spiro atoms. The van der Waals surface area contributed by atoms with Gasteiger partial charge in [-0.15, -0.1) is 11.3 Å². The fraction of sp³-hybridized carbons (Fsp3) is 0.643. The first kappa shape index (κ1) is 14.3. The molecule has 0 atom stereocenters. The maximum absolute atomic E-state index is 5.62. The van der Waals surface area contributed by atoms with Crippen LogP contribution in [0.3, 0.4) is 0 Å². The fourth-order valence-corrected chi connectivity index (χ4v) is 3.17. The van der Waals surface area contributed by atoms with Gasteiger partial charge in [-0.1, -0.05) is 25.3 Å². The van der Waals surface area contributed by atoms with E-state index in [9.17, 15) is 0 Å². The van der Waals surface area contributed by atoms with Crippen LogP contribution in [0.4, 0.5) is 0 Å². The molecule has 2 rings (SSSR count). The molecule has 0 aromatic carbocycles. The largest absolute Gasteiger partial charge is 0.345 e. The van der Waals surface area contributed by atoms with E-state index < -0.39 is 0 Å². The summed E-state index contributed by atoms with van der Waals surface area (Å²) in [6.45, 7) is 0.941. The van der Waals surface area contributed by atoms with Gasteiger partial charge in [-0.3, -0.25) is 5.43 Å². The van der Waals surface area contributed by atoms with Gasteiger partial charge in [0.2, 0.25) is 5.96 Å². The number of nitrogens with one attached hydrogen (secondary N) is 1. The normalized spacial score (nSPS) is 17.5. The third-order valence-corrected chi connectivity index (χ3v) is 4.58. The van der Waals surface area contributed by atoms with Gasteiger partial charge in [0.15, 0.2) is 0 Å². The second kappa shape index (κ2) is 7.50. The molecular formula is C14H24N4S. The number of rotatable bonds is 4. The van der Waals surface area contributed by atoms with E-state index in [0.717, 1.165) is 18.9 Å². The average molecular weight is 280 g/mol. The van der Waals surface area contributed by atoms with Crippen LogP contribution >= 0.6 is 11.3 Å². The molecule has 1 fully saturated rings. The van der Waals surface area contributed by atoms with Crippen LogP contribution in [0.2, 0.25) is 0 Å². The summed E-state index contributed by atoms with van der Waals surface area (Å²) in [7, 11) is 2.05. The molecule has 1 saturated carbocycles. The van der Waals surface area contributed by atoms with Crippen molar-refractivity contribution in [2.45, 2.75) is 44.6 Å². The summed E-state index contributed by atoms with van der Waals surface area (Å²) in [5.74, 6) is 6.44. The first-order valence-electron chi connectivity index (χ1n) is 7.07. The minimum absolute atomic E-state index is 0.448. The SMILES string of the molecule is CN(CCc1cccs1)C(=NC1CCCCC1)NN. The van der Waals surface area contributed by atoms with Crippen molar-refractivity contribution in [3.8, 4) is 0 Å². The number of guanidine groups is 1. The molecule has 1 aromatic rings. The summed E-state index contributed by atoms with van der Waals surface area (Å²) in [5, 5.41) is 2.12. The minimum atomic E-state index is 0.448. The Bertz CT molecular complexity index is 382. The molecule has 1 heterocycles. The Morgan fingerprint density at radius 3 is 2.89 bits per heavy atom. The number of nitrogens with zero attached hydrogens (tertiary/aromatic N) is 2. The molecule has 1 aromatic heterocycles. The Labute approximate surface area is 119 Å². The van der Waals surface area contributed by atoms with Crippen LogP contribution in [-0.4, -0.2) is 30.5 Å². The van der Waals surface area contributed by atoms with Crippen molar-refractivity contribution in [2.24, 2.45) is 10.8 Å². The van der Waals surface area contributed by atoms with Crippen molar-refractivity contribution in [3.05, 3.63) is 22.4 Å². The molecule has 1 aliphatic rings. The Morgan fingerprint density at radius 2 is 2.26 bits per heavy atom. The second-order valence-corrected chi connectivity index (χ2v) is 6.17. The van der Waals surface area contributed by atoms with Crippen molar-refractivity contribution >= 4 is 17.3 Å². The number of likely N-dealkylation sites (N-methyl/N-ethyl adjacent to an activating group) is 1. The van der Waals surface area contributed by atoms with Crippen LogP contribution < -0.4 is 11.3 Å². The molecule has 5 heteroatoms. The number of hydrogen-bond donors (Lipinski definition) is 2. The van der Waals surface area contributed by atoms with E-state index in [0.29, 0.717) is 6.04 Å². The number of hydrogen-bond acceptors (Lipinski definition) is 3. The van der Waals surface area contributed by atoms with Gasteiger partial charge in [0.05, 0.1) is 6.04 Å². The van der Waals surface area contributed by atoms with Gasteiger partial charge in [0.25, 0.3) is 0 Å². The number of aliphatic imine (C=N–C) groups is 1. The highest BCUT2D eigenvalue weighted by molar-refractivity contribution is 7.09. The number of hydrazine groups is 1. The van der Waals surface area contributed by atoms with Crippen molar-refractivity contribution in [1.82, 2.24) is 10.3 Å². The fourth-order valence-electron chi connectivity index (χ4n) is 2.47. The van der Waals surface area contributed by atoms with E-state index in [1.54, 1.807) is 11.3 Å². The lowest BCUT2D eigenvalue weighted by Gasteiger charge is -2.24. The van der Waals surface area contributed by atoms with E-state index >= 15 is 0 Å². The zero-order valence-electron chi connectivity index (χ0n) is 11.6. The maximum atomic E-state index is 5.62. The summed E-state index contributed by atoms with van der Waals surface area (Å²) < 4.78 is 0. The zero-order chi connectivity index (χ0) is 13.5. The van der Waals surface area contributed by atoms with E-state index in [-0.39, 0.29) is 0 Å². The molecule has 19 heavy (non-hydrogen) atoms. The van der Waals surface area contributed by atoms with Crippen molar-refractivity contribution < 1.29 is 0 Å². The summed E-state index contributed by atoms with van der Waals surface area (Å²) >= 11 is 1.80. The molecule has 1 aliphatic carbocycles. The summed E-state index contributed by atoms with van der Waals surface area (Å²) in [4.78, 5) is 8.29. The zero-order valence-corrected chi connectivity index (χ0v) is 12.5. The number of thiophene rings is 1. The first-order valence-corrected chi connectivity index (χ1v) is 7.95. The standard InChI is InChI=1S/C14H24N4S/c1-18(10-9-13-8-5-11-19-13)14(17-15)16-12-6-3-2-4-7-12/h5,8,11-12H,2-4,6-7,9-10,15H2,1H3,(H,16,17). The average Bonchev–Trinajstić information content (AvgIpc) is 2.96. The van der Waals surface area contributed by atoms with Gasteiger partial charge in [-0.05, 0) is 30.7 Å². The van der Waals surface area contributed by atoms with Crippen molar-refractivity contribution in [1.29, 1.82) is 0 Å². The van der Waals surface area contributed by atoms with Gasteiger partial charge >= 0.3 is 0 Å². The van der Waals surface area contributed by atoms with Crippen LogP contribution in [0.15, 0.2) is 22.5 Å². The monoisotopic (exact) mass is 280 g/mol. The summed E-state index contributed by atoms with van der Waals surface area (Å²) in [6, 6.07) is 4.72. The lowest BCUT2D eigenvalue weighted by Crippen LogP contribution is -2.44. The topological polar surface area (TPSA) is 53.6 Å². The van der Waals surface area contributed by atoms with E-state index in [4.69, 9.17) is 10.8 Å². The van der Waals surface area contributed by atoms with Gasteiger partial charge < -0.3 is 4.90 Å². The molecule has 0 saturated heterocycles. The summed E-state index contributed by atoms with van der Waals surface area (Å²) in [6.07, 6.45) is 7.38. The van der Waals surface area contributed by atoms with Crippen LogP contribution in [0.1, 0.15) is 37.0 Å². The third kappa shape index (κ3) is 4.51. The predicted octanol–water partition coefficient (Wildman–Crippen LogP) is 2.37. The van der Waals surface area contributed by atoms with E-state index in [1.165, 1.54) is 37.0 Å². The molecule has 4 nitrogen and oxygen atoms in total. The molecule has 106 valence electrons. The summed E-state index contributed by atoms with van der Waals surface area (Å²) in [5.41, 5.74) is 2.76. The van der Waals surface area contributed by atoms with Crippen LogP contribution in [0, 0.1) is 0 Å². The van der Waals surface area contributed by atoms with E-state index in [2.05, 4.69) is 34.9 Å².